The third-order valence-electron chi connectivity index (χ3n) is 5.03. The quantitative estimate of drug-likeness (QED) is 0.308. The zero-order valence-electron chi connectivity index (χ0n) is 17.5. The average molecular weight is 402 g/mol. The minimum absolute atomic E-state index is 0.280. The summed E-state index contributed by atoms with van der Waals surface area (Å²) in [6.07, 6.45) is 1.95. The Morgan fingerprint density at radius 2 is 1.50 bits per heavy atom. The summed E-state index contributed by atoms with van der Waals surface area (Å²) in [5.74, 6) is 0.728. The van der Waals surface area contributed by atoms with Gasteiger partial charge in [0, 0.05) is 23.1 Å². The molecule has 1 unspecified atom stereocenters. The summed E-state index contributed by atoms with van der Waals surface area (Å²) in [5, 5.41) is 0. The lowest BCUT2D eigenvalue weighted by Gasteiger charge is -2.26. The first-order chi connectivity index (χ1) is 14.6. The van der Waals surface area contributed by atoms with E-state index in [-0.39, 0.29) is 11.9 Å². The monoisotopic (exact) mass is 401 g/mol. The van der Waals surface area contributed by atoms with Crippen LogP contribution < -0.4 is 9.64 Å². The van der Waals surface area contributed by atoms with Gasteiger partial charge in [-0.05, 0) is 66.4 Å². The summed E-state index contributed by atoms with van der Waals surface area (Å²) >= 11 is 0. The van der Waals surface area contributed by atoms with Gasteiger partial charge in [-0.2, -0.15) is 0 Å². The predicted octanol–water partition coefficient (Wildman–Crippen LogP) is 6.39. The number of esters is 1. The predicted molar refractivity (Wildman–Crippen MR) is 122 cm³/mol. The zero-order chi connectivity index (χ0) is 21.3. The molecule has 0 bridgehead atoms. The Bertz CT molecular complexity index is 950. The third-order valence-corrected chi connectivity index (χ3v) is 5.03. The van der Waals surface area contributed by atoms with Crippen molar-refractivity contribution < 1.29 is 14.3 Å². The molecule has 3 aromatic carbocycles. The number of ether oxygens (including phenoxy) is 2. The summed E-state index contributed by atoms with van der Waals surface area (Å²) in [6, 6.07) is 26.8. The van der Waals surface area contributed by atoms with Crippen LogP contribution in [0.1, 0.15) is 24.8 Å². The topological polar surface area (TPSA) is 38.8 Å². The van der Waals surface area contributed by atoms with Gasteiger partial charge in [0.05, 0.1) is 13.7 Å². The molecule has 0 aliphatic rings. The van der Waals surface area contributed by atoms with E-state index in [0.717, 1.165) is 29.2 Å². The molecule has 1 atom stereocenters. The van der Waals surface area contributed by atoms with Crippen LogP contribution in [0.5, 0.6) is 5.75 Å². The van der Waals surface area contributed by atoms with Gasteiger partial charge in [-0.3, -0.25) is 0 Å². The van der Waals surface area contributed by atoms with Crippen LogP contribution in [0.2, 0.25) is 0 Å². The van der Waals surface area contributed by atoms with Crippen molar-refractivity contribution in [3.05, 3.63) is 97.1 Å². The largest absolute Gasteiger partial charge is 0.497 e. The van der Waals surface area contributed by atoms with Crippen molar-refractivity contribution in [3.63, 3.8) is 0 Å². The normalized spacial score (nSPS) is 11.4. The molecule has 0 amide bonds. The number of hydrogen-bond donors (Lipinski definition) is 0. The van der Waals surface area contributed by atoms with Gasteiger partial charge in [0.2, 0.25) is 0 Å². The minimum Gasteiger partial charge on any atom is -0.497 e. The summed E-state index contributed by atoms with van der Waals surface area (Å²) in [5.41, 5.74) is 4.41. The first-order valence-electron chi connectivity index (χ1n) is 10.0. The highest BCUT2D eigenvalue weighted by molar-refractivity contribution is 5.81. The Hall–Kier alpha value is -3.53. The Balaban J connectivity index is 1.82. The maximum atomic E-state index is 11.2. The molecule has 0 spiro atoms. The van der Waals surface area contributed by atoms with Gasteiger partial charge in [0.15, 0.2) is 0 Å². The van der Waals surface area contributed by atoms with E-state index >= 15 is 0 Å². The van der Waals surface area contributed by atoms with Crippen LogP contribution >= 0.6 is 0 Å². The first kappa shape index (κ1) is 21.2. The SMILES string of the molecule is C=CC(=O)OCCC(C)c1ccc(N(c2ccccc2)c2ccc(OC)cc2)cc1. The van der Waals surface area contributed by atoms with Crippen molar-refractivity contribution in [2.75, 3.05) is 18.6 Å². The molecule has 0 saturated carbocycles. The number of carbonyl (C=O) groups excluding carboxylic acids is 1. The summed E-state index contributed by atoms with van der Waals surface area (Å²) in [7, 11) is 1.67. The highest BCUT2D eigenvalue weighted by atomic mass is 16.5. The standard InChI is InChI=1S/C26H27NO3/c1-4-26(28)30-19-18-20(2)21-10-12-23(13-11-21)27(22-8-6-5-7-9-22)24-14-16-25(29-3)17-15-24/h4-17,20H,1,18-19H2,2-3H3. The second-order valence-electron chi connectivity index (χ2n) is 7.02. The van der Waals surface area contributed by atoms with Crippen LogP contribution in [-0.4, -0.2) is 19.7 Å². The second kappa shape index (κ2) is 10.3. The molecule has 0 radical (unpaired) electrons. The van der Waals surface area contributed by atoms with Gasteiger partial charge in [0.1, 0.15) is 5.75 Å². The lowest BCUT2D eigenvalue weighted by Crippen LogP contribution is -2.10. The van der Waals surface area contributed by atoms with E-state index < -0.39 is 0 Å². The fourth-order valence-electron chi connectivity index (χ4n) is 3.27. The van der Waals surface area contributed by atoms with Gasteiger partial charge in [-0.15, -0.1) is 0 Å². The zero-order valence-corrected chi connectivity index (χ0v) is 17.5. The van der Waals surface area contributed by atoms with Crippen molar-refractivity contribution >= 4 is 23.0 Å². The number of anilines is 3. The summed E-state index contributed by atoms with van der Waals surface area (Å²) < 4.78 is 10.4. The van der Waals surface area contributed by atoms with Crippen LogP contribution in [0.25, 0.3) is 0 Å². The molecular weight excluding hydrogens is 374 g/mol. The number of methoxy groups -OCH3 is 1. The minimum atomic E-state index is -0.379. The van der Waals surface area contributed by atoms with Gasteiger partial charge < -0.3 is 14.4 Å². The van der Waals surface area contributed by atoms with E-state index in [9.17, 15) is 4.79 Å². The molecule has 4 nitrogen and oxygen atoms in total. The molecule has 0 heterocycles. The van der Waals surface area contributed by atoms with Crippen molar-refractivity contribution in [3.8, 4) is 5.75 Å². The molecule has 0 aliphatic carbocycles. The summed E-state index contributed by atoms with van der Waals surface area (Å²) in [4.78, 5) is 13.4. The van der Waals surface area contributed by atoms with Gasteiger partial charge in [0.25, 0.3) is 0 Å². The number of hydrogen-bond acceptors (Lipinski definition) is 4. The van der Waals surface area contributed by atoms with Crippen LogP contribution in [-0.2, 0) is 9.53 Å². The summed E-state index contributed by atoms with van der Waals surface area (Å²) in [6.45, 7) is 5.93. The molecule has 0 N–H and O–H groups in total. The highest BCUT2D eigenvalue weighted by Gasteiger charge is 2.13. The molecule has 0 aliphatic heterocycles. The molecular formula is C26H27NO3. The Morgan fingerprint density at radius 3 is 2.07 bits per heavy atom. The highest BCUT2D eigenvalue weighted by Crippen LogP contribution is 2.35. The Morgan fingerprint density at radius 1 is 0.933 bits per heavy atom. The van der Waals surface area contributed by atoms with Crippen LogP contribution in [0.3, 0.4) is 0 Å². The van der Waals surface area contributed by atoms with E-state index in [2.05, 4.69) is 66.9 Å². The van der Waals surface area contributed by atoms with E-state index in [1.807, 2.05) is 30.3 Å². The van der Waals surface area contributed by atoms with Crippen molar-refractivity contribution in [2.24, 2.45) is 0 Å². The van der Waals surface area contributed by atoms with Crippen molar-refractivity contribution in [2.45, 2.75) is 19.3 Å². The Kier molecular flexibility index (Phi) is 7.28. The number of para-hydroxylation sites is 1. The lowest BCUT2D eigenvalue weighted by atomic mass is 9.98. The first-order valence-corrected chi connectivity index (χ1v) is 10.0. The van der Waals surface area contributed by atoms with Crippen LogP contribution in [0.15, 0.2) is 91.5 Å². The van der Waals surface area contributed by atoms with E-state index in [1.54, 1.807) is 7.11 Å². The number of rotatable bonds is 9. The number of carbonyl (C=O) groups is 1. The van der Waals surface area contributed by atoms with Crippen LogP contribution in [0, 0.1) is 0 Å². The maximum Gasteiger partial charge on any atom is 0.330 e. The second-order valence-corrected chi connectivity index (χ2v) is 7.02. The maximum absolute atomic E-state index is 11.2. The number of benzene rings is 3. The van der Waals surface area contributed by atoms with Gasteiger partial charge >= 0.3 is 5.97 Å². The molecule has 0 saturated heterocycles. The number of nitrogens with zero attached hydrogens (tertiary/aromatic N) is 1. The molecule has 0 aromatic heterocycles. The Labute approximate surface area is 178 Å². The molecule has 3 rings (SSSR count). The smallest absolute Gasteiger partial charge is 0.330 e. The average Bonchev–Trinajstić information content (AvgIpc) is 2.80. The molecule has 3 aromatic rings. The van der Waals surface area contributed by atoms with Gasteiger partial charge in [-0.25, -0.2) is 4.79 Å². The van der Waals surface area contributed by atoms with Crippen LogP contribution in [0.4, 0.5) is 17.1 Å². The van der Waals surface area contributed by atoms with E-state index in [1.165, 1.54) is 11.6 Å². The van der Waals surface area contributed by atoms with Gasteiger partial charge in [-0.1, -0.05) is 43.8 Å². The molecule has 30 heavy (non-hydrogen) atoms. The molecule has 0 fully saturated rings. The van der Waals surface area contributed by atoms with Crippen molar-refractivity contribution in [1.82, 2.24) is 0 Å². The molecule has 4 heteroatoms. The van der Waals surface area contributed by atoms with E-state index in [4.69, 9.17) is 9.47 Å². The molecule has 154 valence electrons. The van der Waals surface area contributed by atoms with E-state index in [0.29, 0.717) is 6.61 Å². The third kappa shape index (κ3) is 5.29. The lowest BCUT2D eigenvalue weighted by molar-refractivity contribution is -0.137. The van der Waals surface area contributed by atoms with Crippen molar-refractivity contribution in [1.29, 1.82) is 0 Å². The fraction of sp³-hybridized carbons (Fsp3) is 0.192. The fourth-order valence-corrected chi connectivity index (χ4v) is 3.27.